The van der Waals surface area contributed by atoms with Crippen LogP contribution in [-0.2, 0) is 9.47 Å². The minimum Gasteiger partial charge on any atom is -0.352 e. The first-order valence-electron chi connectivity index (χ1n) is 8.96. The van der Waals surface area contributed by atoms with Crippen LogP contribution in [0.4, 0.5) is 4.39 Å². The maximum Gasteiger partial charge on any atom is 0.160 e. The first-order valence-corrected chi connectivity index (χ1v) is 8.96. The molecule has 3 rings (SSSR count). The first kappa shape index (κ1) is 16.2. The summed E-state index contributed by atoms with van der Waals surface area (Å²) in [5.41, 5.74) is 0. The summed E-state index contributed by atoms with van der Waals surface area (Å²) in [7, 11) is 0. The van der Waals surface area contributed by atoms with E-state index in [9.17, 15) is 4.39 Å². The Morgan fingerprint density at radius 2 is 1.68 bits per heavy atom. The van der Waals surface area contributed by atoms with E-state index in [0.717, 1.165) is 32.0 Å². The van der Waals surface area contributed by atoms with Crippen molar-refractivity contribution in [3.8, 4) is 0 Å². The van der Waals surface area contributed by atoms with Gasteiger partial charge in [0.05, 0.1) is 19.0 Å². The van der Waals surface area contributed by atoms with Gasteiger partial charge in [-0.1, -0.05) is 18.2 Å². The molecule has 1 saturated carbocycles. The van der Waals surface area contributed by atoms with Gasteiger partial charge in [-0.05, 0) is 63.7 Å². The van der Waals surface area contributed by atoms with Crippen molar-refractivity contribution in [1.82, 2.24) is 0 Å². The third-order valence-electron chi connectivity index (χ3n) is 5.68. The molecule has 0 N–H and O–H groups in total. The second-order valence-electron chi connectivity index (χ2n) is 7.18. The van der Waals surface area contributed by atoms with Crippen molar-refractivity contribution in [2.75, 3.05) is 13.2 Å². The number of rotatable bonds is 3. The van der Waals surface area contributed by atoms with E-state index < -0.39 is 0 Å². The molecule has 1 aliphatic heterocycles. The smallest absolute Gasteiger partial charge is 0.160 e. The van der Waals surface area contributed by atoms with Gasteiger partial charge >= 0.3 is 0 Å². The fourth-order valence-corrected chi connectivity index (χ4v) is 4.33. The molecule has 1 atom stereocenters. The standard InChI is InChI=1S/C19H29FO2/c1-2-3-14-12-21-19(22-13-14)17-6-4-15(5-7-17)16-8-10-18(20)11-9-16/h2-3,10,14-17,19H,4-9,11-13H2,1H3/b3-2+. The molecule has 3 heteroatoms. The summed E-state index contributed by atoms with van der Waals surface area (Å²) < 4.78 is 25.0. The van der Waals surface area contributed by atoms with Gasteiger partial charge in [0, 0.05) is 11.8 Å². The van der Waals surface area contributed by atoms with Gasteiger partial charge in [0.15, 0.2) is 6.29 Å². The normalized spacial score (nSPS) is 40.6. The molecule has 2 nitrogen and oxygen atoms in total. The van der Waals surface area contributed by atoms with Gasteiger partial charge in [0.25, 0.3) is 0 Å². The fraction of sp³-hybridized carbons (Fsp3) is 0.789. The average Bonchev–Trinajstić information content (AvgIpc) is 2.57. The molecule has 0 aromatic rings. The van der Waals surface area contributed by atoms with E-state index in [4.69, 9.17) is 9.47 Å². The zero-order chi connectivity index (χ0) is 15.4. The second kappa shape index (κ2) is 7.74. The molecule has 22 heavy (non-hydrogen) atoms. The van der Waals surface area contributed by atoms with E-state index in [-0.39, 0.29) is 12.1 Å². The first-order chi connectivity index (χ1) is 10.8. The predicted octanol–water partition coefficient (Wildman–Crippen LogP) is 5.01. The SMILES string of the molecule is C/C=C/C1COC(C2CCC(C3CC=C(F)CC3)CC2)OC1. The van der Waals surface area contributed by atoms with Gasteiger partial charge in [-0.2, -0.15) is 0 Å². The van der Waals surface area contributed by atoms with E-state index in [1.807, 2.05) is 13.0 Å². The third-order valence-corrected chi connectivity index (χ3v) is 5.68. The van der Waals surface area contributed by atoms with Gasteiger partial charge in [0.2, 0.25) is 0 Å². The Morgan fingerprint density at radius 1 is 1.00 bits per heavy atom. The number of halogens is 1. The Hall–Kier alpha value is -0.670. The molecule has 1 saturated heterocycles. The average molecular weight is 308 g/mol. The third kappa shape index (κ3) is 3.99. The maximum atomic E-state index is 13.1. The number of allylic oxidation sites excluding steroid dienone is 3. The summed E-state index contributed by atoms with van der Waals surface area (Å²) in [5.74, 6) is 2.55. The van der Waals surface area contributed by atoms with E-state index in [2.05, 4.69) is 12.2 Å². The van der Waals surface area contributed by atoms with Crippen molar-refractivity contribution in [2.45, 2.75) is 58.2 Å². The summed E-state index contributed by atoms with van der Waals surface area (Å²) in [6.07, 6.45) is 13.6. The molecule has 2 fully saturated rings. The summed E-state index contributed by atoms with van der Waals surface area (Å²) >= 11 is 0. The number of hydrogen-bond donors (Lipinski definition) is 0. The molecular weight excluding hydrogens is 279 g/mol. The van der Waals surface area contributed by atoms with Gasteiger partial charge < -0.3 is 9.47 Å². The quantitative estimate of drug-likeness (QED) is 0.682. The highest BCUT2D eigenvalue weighted by molar-refractivity contribution is 4.99. The molecule has 0 spiro atoms. The molecule has 0 aromatic heterocycles. The van der Waals surface area contributed by atoms with Crippen LogP contribution < -0.4 is 0 Å². The molecule has 0 amide bonds. The van der Waals surface area contributed by atoms with Crippen LogP contribution in [0, 0.1) is 23.7 Å². The number of ether oxygens (including phenoxy) is 2. The topological polar surface area (TPSA) is 18.5 Å². The molecule has 1 unspecified atom stereocenters. The van der Waals surface area contributed by atoms with Crippen LogP contribution in [0.3, 0.4) is 0 Å². The predicted molar refractivity (Wildman–Crippen MR) is 86.0 cm³/mol. The van der Waals surface area contributed by atoms with E-state index in [0.29, 0.717) is 24.2 Å². The van der Waals surface area contributed by atoms with Crippen LogP contribution >= 0.6 is 0 Å². The molecular formula is C19H29FO2. The molecule has 0 aromatic carbocycles. The zero-order valence-electron chi connectivity index (χ0n) is 13.7. The zero-order valence-corrected chi connectivity index (χ0v) is 13.7. The largest absolute Gasteiger partial charge is 0.352 e. The van der Waals surface area contributed by atoms with Crippen molar-refractivity contribution in [2.24, 2.45) is 23.7 Å². The van der Waals surface area contributed by atoms with Gasteiger partial charge in [-0.15, -0.1) is 0 Å². The Kier molecular flexibility index (Phi) is 5.70. The van der Waals surface area contributed by atoms with Crippen molar-refractivity contribution in [3.05, 3.63) is 24.1 Å². The lowest BCUT2D eigenvalue weighted by atomic mass is 9.72. The summed E-state index contributed by atoms with van der Waals surface area (Å²) in [6.45, 7) is 3.63. The van der Waals surface area contributed by atoms with Crippen molar-refractivity contribution < 1.29 is 13.9 Å². The summed E-state index contributed by atoms with van der Waals surface area (Å²) in [6, 6.07) is 0. The van der Waals surface area contributed by atoms with Gasteiger partial charge in [-0.3, -0.25) is 0 Å². The molecule has 1 heterocycles. The van der Waals surface area contributed by atoms with E-state index in [1.165, 1.54) is 25.7 Å². The highest BCUT2D eigenvalue weighted by atomic mass is 19.1. The summed E-state index contributed by atoms with van der Waals surface area (Å²) in [5, 5.41) is 0. The van der Waals surface area contributed by atoms with Crippen LogP contribution in [0.25, 0.3) is 0 Å². The van der Waals surface area contributed by atoms with Crippen molar-refractivity contribution >= 4 is 0 Å². The lowest BCUT2D eigenvalue weighted by Crippen LogP contribution is -2.38. The van der Waals surface area contributed by atoms with Crippen LogP contribution in [-0.4, -0.2) is 19.5 Å². The van der Waals surface area contributed by atoms with Crippen molar-refractivity contribution in [3.63, 3.8) is 0 Å². The Morgan fingerprint density at radius 3 is 2.27 bits per heavy atom. The maximum absolute atomic E-state index is 13.1. The van der Waals surface area contributed by atoms with Crippen molar-refractivity contribution in [1.29, 1.82) is 0 Å². The van der Waals surface area contributed by atoms with Crippen LogP contribution in [0.2, 0.25) is 0 Å². The molecule has 0 radical (unpaired) electrons. The Balaban J connectivity index is 1.42. The Labute approximate surface area is 133 Å². The highest BCUT2D eigenvalue weighted by Gasteiger charge is 2.34. The number of hydrogen-bond acceptors (Lipinski definition) is 2. The highest BCUT2D eigenvalue weighted by Crippen LogP contribution is 2.41. The second-order valence-corrected chi connectivity index (χ2v) is 7.18. The molecule has 3 aliphatic rings. The summed E-state index contributed by atoms with van der Waals surface area (Å²) in [4.78, 5) is 0. The lowest BCUT2D eigenvalue weighted by Gasteiger charge is -2.39. The van der Waals surface area contributed by atoms with Crippen LogP contribution in [0.1, 0.15) is 51.9 Å². The van der Waals surface area contributed by atoms with Gasteiger partial charge in [0.1, 0.15) is 0 Å². The fourth-order valence-electron chi connectivity index (χ4n) is 4.33. The van der Waals surface area contributed by atoms with Crippen LogP contribution in [0.5, 0.6) is 0 Å². The minimum absolute atomic E-state index is 0.00570. The molecule has 0 bridgehead atoms. The molecule has 124 valence electrons. The lowest BCUT2D eigenvalue weighted by molar-refractivity contribution is -0.223. The van der Waals surface area contributed by atoms with E-state index >= 15 is 0 Å². The Bertz CT molecular complexity index is 402. The minimum atomic E-state index is 0.00570. The van der Waals surface area contributed by atoms with Gasteiger partial charge in [-0.25, -0.2) is 4.39 Å². The monoisotopic (exact) mass is 308 g/mol. The van der Waals surface area contributed by atoms with Crippen LogP contribution in [0.15, 0.2) is 24.1 Å². The molecule has 2 aliphatic carbocycles. The van der Waals surface area contributed by atoms with E-state index in [1.54, 1.807) is 0 Å².